The Kier molecular flexibility index (Phi) is 7.10. The normalized spacial score (nSPS) is 14.7. The van der Waals surface area contributed by atoms with Crippen LogP contribution in [0.3, 0.4) is 0 Å². The topological polar surface area (TPSA) is 66.1 Å². The first kappa shape index (κ1) is 23.8. The van der Waals surface area contributed by atoms with Gasteiger partial charge in [-0.05, 0) is 84.8 Å². The summed E-state index contributed by atoms with van der Waals surface area (Å²) in [7, 11) is 1.76. The van der Waals surface area contributed by atoms with Gasteiger partial charge in [-0.25, -0.2) is 9.78 Å². The van der Waals surface area contributed by atoms with Crippen LogP contribution in [-0.4, -0.2) is 26.7 Å². The van der Waals surface area contributed by atoms with E-state index in [0.717, 1.165) is 36.1 Å². The first-order chi connectivity index (χ1) is 15.8. The molecule has 1 unspecified atom stereocenters. The first-order valence-electron chi connectivity index (χ1n) is 11.2. The molecule has 4 rings (SSSR count). The van der Waals surface area contributed by atoms with Gasteiger partial charge in [-0.2, -0.15) is 0 Å². The minimum absolute atomic E-state index is 0.0174. The predicted molar refractivity (Wildman–Crippen MR) is 132 cm³/mol. The molecule has 0 radical (unpaired) electrons. The Morgan fingerprint density at radius 1 is 1.30 bits per heavy atom. The lowest BCUT2D eigenvalue weighted by Crippen LogP contribution is -2.24. The molecule has 2 heterocycles. The standard InChI is InChI=1S/C25H27BrClN3O3/c1-4-33-24(32)21-22(30(25(26)28-21)19-6-5-7-19)20(17-8-10-18(27)11-9-17)13-16-12-15(2)23(31)29(3)14-16/h8-12,14,19-20H,4-7,13H2,1-3H3. The third-order valence-electron chi connectivity index (χ3n) is 6.27. The van der Waals surface area contributed by atoms with Crippen LogP contribution in [-0.2, 0) is 18.2 Å². The SMILES string of the molecule is CCOC(=O)c1nc(Br)n(C2CCC2)c1C(Cc1cc(C)c(=O)n(C)c1)c1ccc(Cl)cc1. The predicted octanol–water partition coefficient (Wildman–Crippen LogP) is 5.58. The second kappa shape index (κ2) is 9.85. The minimum Gasteiger partial charge on any atom is -0.461 e. The van der Waals surface area contributed by atoms with E-state index in [4.69, 9.17) is 16.3 Å². The molecule has 174 valence electrons. The van der Waals surface area contributed by atoms with Crippen molar-refractivity contribution in [3.8, 4) is 0 Å². The average Bonchev–Trinajstić information content (AvgIpc) is 3.07. The quantitative estimate of drug-likeness (QED) is 0.373. The zero-order valence-electron chi connectivity index (χ0n) is 19.0. The molecule has 1 atom stereocenters. The van der Waals surface area contributed by atoms with Crippen LogP contribution in [0.5, 0.6) is 0 Å². The van der Waals surface area contributed by atoms with Crippen molar-refractivity contribution in [2.45, 2.75) is 51.5 Å². The molecule has 1 fully saturated rings. The highest BCUT2D eigenvalue weighted by molar-refractivity contribution is 9.10. The van der Waals surface area contributed by atoms with Crippen LogP contribution in [0, 0.1) is 6.92 Å². The van der Waals surface area contributed by atoms with E-state index in [1.165, 1.54) is 0 Å². The van der Waals surface area contributed by atoms with Gasteiger partial charge in [0, 0.05) is 35.8 Å². The fraction of sp³-hybridized carbons (Fsp3) is 0.400. The number of carbonyl (C=O) groups is 1. The molecule has 0 aliphatic heterocycles. The maximum atomic E-state index is 13.0. The molecule has 1 aromatic carbocycles. The van der Waals surface area contributed by atoms with Crippen LogP contribution >= 0.6 is 27.5 Å². The smallest absolute Gasteiger partial charge is 0.358 e. The van der Waals surface area contributed by atoms with Gasteiger partial charge >= 0.3 is 5.97 Å². The molecule has 2 aromatic heterocycles. The summed E-state index contributed by atoms with van der Waals surface area (Å²) in [6.45, 7) is 3.89. The van der Waals surface area contributed by atoms with E-state index in [9.17, 15) is 9.59 Å². The third-order valence-corrected chi connectivity index (χ3v) is 7.09. The highest BCUT2D eigenvalue weighted by Crippen LogP contribution is 2.41. The number of imidazole rings is 1. The van der Waals surface area contributed by atoms with Gasteiger partial charge in [0.15, 0.2) is 10.4 Å². The number of hydrogen-bond donors (Lipinski definition) is 0. The van der Waals surface area contributed by atoms with Crippen molar-refractivity contribution in [3.05, 3.63) is 84.7 Å². The van der Waals surface area contributed by atoms with E-state index in [2.05, 4.69) is 25.5 Å². The number of ether oxygens (including phenoxy) is 1. The van der Waals surface area contributed by atoms with Crippen molar-refractivity contribution in [3.63, 3.8) is 0 Å². The summed E-state index contributed by atoms with van der Waals surface area (Å²) in [4.78, 5) is 29.8. The van der Waals surface area contributed by atoms with Crippen LogP contribution in [0.2, 0.25) is 5.02 Å². The Morgan fingerprint density at radius 3 is 2.58 bits per heavy atom. The zero-order valence-corrected chi connectivity index (χ0v) is 21.3. The van der Waals surface area contributed by atoms with Gasteiger partial charge < -0.3 is 13.9 Å². The van der Waals surface area contributed by atoms with Crippen molar-refractivity contribution in [1.82, 2.24) is 14.1 Å². The fourth-order valence-electron chi connectivity index (χ4n) is 4.47. The van der Waals surface area contributed by atoms with Gasteiger partial charge in [0.2, 0.25) is 0 Å². The summed E-state index contributed by atoms with van der Waals surface area (Å²) in [6.07, 6.45) is 5.68. The number of rotatable bonds is 7. The largest absolute Gasteiger partial charge is 0.461 e. The Balaban J connectivity index is 1.91. The number of benzene rings is 1. The lowest BCUT2D eigenvalue weighted by atomic mass is 9.86. The molecule has 0 saturated heterocycles. The monoisotopic (exact) mass is 531 g/mol. The lowest BCUT2D eigenvalue weighted by Gasteiger charge is -2.32. The van der Waals surface area contributed by atoms with Crippen molar-refractivity contribution >= 4 is 33.5 Å². The molecule has 0 spiro atoms. The Labute approximate surface area is 206 Å². The lowest BCUT2D eigenvalue weighted by molar-refractivity contribution is 0.0517. The maximum Gasteiger partial charge on any atom is 0.358 e. The summed E-state index contributed by atoms with van der Waals surface area (Å²) in [5, 5.41) is 0.648. The molecule has 6 nitrogen and oxygen atoms in total. The second-order valence-electron chi connectivity index (χ2n) is 8.55. The Hall–Kier alpha value is -2.38. The van der Waals surface area contributed by atoms with E-state index < -0.39 is 5.97 Å². The highest BCUT2D eigenvalue weighted by atomic mass is 79.9. The van der Waals surface area contributed by atoms with E-state index in [0.29, 0.717) is 27.4 Å². The summed E-state index contributed by atoms with van der Waals surface area (Å²) >= 11 is 9.80. The van der Waals surface area contributed by atoms with Crippen molar-refractivity contribution in [1.29, 1.82) is 0 Å². The van der Waals surface area contributed by atoms with Crippen LogP contribution in [0.1, 0.15) is 71.0 Å². The third kappa shape index (κ3) is 4.80. The number of hydrogen-bond acceptors (Lipinski definition) is 4. The van der Waals surface area contributed by atoms with Gasteiger partial charge in [-0.1, -0.05) is 23.7 Å². The van der Waals surface area contributed by atoms with E-state index in [-0.39, 0.29) is 24.1 Å². The number of aromatic nitrogens is 3. The molecule has 1 aliphatic rings. The van der Waals surface area contributed by atoms with E-state index in [1.54, 1.807) is 18.5 Å². The molecule has 1 aliphatic carbocycles. The van der Waals surface area contributed by atoms with Crippen molar-refractivity contribution in [2.24, 2.45) is 7.05 Å². The molecule has 0 amide bonds. The number of nitrogens with zero attached hydrogens (tertiary/aromatic N) is 3. The van der Waals surface area contributed by atoms with Gasteiger partial charge in [0.05, 0.1) is 12.3 Å². The second-order valence-corrected chi connectivity index (χ2v) is 9.69. The zero-order chi connectivity index (χ0) is 23.7. The summed E-state index contributed by atoms with van der Waals surface area (Å²) in [6, 6.07) is 9.90. The number of halogens is 2. The molecular formula is C25H27BrClN3O3. The highest BCUT2D eigenvalue weighted by Gasteiger charge is 2.34. The van der Waals surface area contributed by atoms with Gasteiger partial charge in [0.1, 0.15) is 0 Å². The first-order valence-corrected chi connectivity index (χ1v) is 12.3. The van der Waals surface area contributed by atoms with Crippen LogP contribution in [0.15, 0.2) is 46.1 Å². The molecule has 0 bridgehead atoms. The number of carbonyl (C=O) groups excluding carboxylic acids is 1. The van der Waals surface area contributed by atoms with E-state index >= 15 is 0 Å². The Bertz CT molecular complexity index is 1200. The van der Waals surface area contributed by atoms with Gasteiger partial charge in [-0.3, -0.25) is 4.79 Å². The van der Waals surface area contributed by atoms with E-state index in [1.807, 2.05) is 43.5 Å². The number of pyridine rings is 1. The summed E-state index contributed by atoms with van der Waals surface area (Å²) < 4.78 is 9.78. The molecular weight excluding hydrogens is 506 g/mol. The molecule has 33 heavy (non-hydrogen) atoms. The molecule has 1 saturated carbocycles. The number of aryl methyl sites for hydroxylation is 2. The molecule has 0 N–H and O–H groups in total. The van der Waals surface area contributed by atoms with Crippen LogP contribution in [0.25, 0.3) is 0 Å². The van der Waals surface area contributed by atoms with Crippen molar-refractivity contribution < 1.29 is 9.53 Å². The molecule has 8 heteroatoms. The van der Waals surface area contributed by atoms with Crippen LogP contribution < -0.4 is 5.56 Å². The summed E-state index contributed by atoms with van der Waals surface area (Å²) in [5.74, 6) is -0.611. The fourth-order valence-corrected chi connectivity index (χ4v) is 5.25. The molecule has 3 aromatic rings. The average molecular weight is 533 g/mol. The summed E-state index contributed by atoms with van der Waals surface area (Å²) in [5.41, 5.74) is 3.85. The minimum atomic E-state index is -0.429. The maximum absolute atomic E-state index is 13.0. The number of esters is 1. The van der Waals surface area contributed by atoms with Crippen molar-refractivity contribution in [2.75, 3.05) is 6.61 Å². The van der Waals surface area contributed by atoms with Crippen LogP contribution in [0.4, 0.5) is 0 Å². The Morgan fingerprint density at radius 2 is 2.00 bits per heavy atom. The van der Waals surface area contributed by atoms with Gasteiger partial charge in [0.25, 0.3) is 5.56 Å². The van der Waals surface area contributed by atoms with Gasteiger partial charge in [-0.15, -0.1) is 0 Å².